The molecule has 0 bridgehead atoms. The van der Waals surface area contributed by atoms with Gasteiger partial charge in [0.05, 0.1) is 0 Å². The molecule has 2 unspecified atom stereocenters. The minimum Gasteiger partial charge on any atom is -0.480 e. The molecule has 1 aliphatic rings. The summed E-state index contributed by atoms with van der Waals surface area (Å²) in [5, 5.41) is 8.54. The number of aliphatic carboxylic acids is 1. The lowest BCUT2D eigenvalue weighted by atomic mass is 9.83. The van der Waals surface area contributed by atoms with Crippen molar-refractivity contribution in [2.45, 2.75) is 50.5 Å². The normalized spacial score (nSPS) is 27.3. The van der Waals surface area contributed by atoms with Gasteiger partial charge in [-0.2, -0.15) is 0 Å². The van der Waals surface area contributed by atoms with E-state index in [0.717, 1.165) is 6.42 Å². The quantitative estimate of drug-likeness (QED) is 0.763. The first-order valence-electron chi connectivity index (χ1n) is 5.27. The molecule has 0 aromatic carbocycles. The van der Waals surface area contributed by atoms with Crippen LogP contribution in [0.1, 0.15) is 38.5 Å². The Labute approximate surface area is 87.6 Å². The van der Waals surface area contributed by atoms with E-state index in [4.69, 9.17) is 10.8 Å². The fraction of sp³-hybridized carbons (Fsp3) is 0.900. The van der Waals surface area contributed by atoms with Crippen molar-refractivity contribution in [1.29, 1.82) is 0 Å². The zero-order chi connectivity index (χ0) is 11.5. The summed E-state index contributed by atoms with van der Waals surface area (Å²) in [6, 6.07) is -0.916. The number of nitrogens with two attached hydrogens (primary N) is 1. The van der Waals surface area contributed by atoms with Crippen LogP contribution < -0.4 is 5.73 Å². The molecule has 0 aromatic rings. The number of carboxylic acid groups (broad SMARTS) is 1. The van der Waals surface area contributed by atoms with E-state index in [1.54, 1.807) is 0 Å². The predicted octanol–water partition coefficient (Wildman–Crippen LogP) is 2.00. The summed E-state index contributed by atoms with van der Waals surface area (Å²) in [6.07, 6.45) is 1.93. The molecule has 0 heterocycles. The van der Waals surface area contributed by atoms with Crippen molar-refractivity contribution < 1.29 is 18.7 Å². The van der Waals surface area contributed by atoms with Crippen LogP contribution >= 0.6 is 0 Å². The van der Waals surface area contributed by atoms with Crippen molar-refractivity contribution in [2.75, 3.05) is 0 Å². The Bertz CT molecular complexity index is 233. The summed E-state index contributed by atoms with van der Waals surface area (Å²) in [4.78, 5) is 10.4. The summed E-state index contributed by atoms with van der Waals surface area (Å²) in [5.41, 5.74) is 5.31. The van der Waals surface area contributed by atoms with E-state index in [1.807, 2.05) is 0 Å². The molecule has 15 heavy (non-hydrogen) atoms. The Morgan fingerprint density at radius 3 is 2.80 bits per heavy atom. The molecule has 0 aliphatic heterocycles. The molecule has 0 radical (unpaired) electrons. The number of rotatable bonds is 4. The number of carbonyl (C=O) groups is 1. The summed E-state index contributed by atoms with van der Waals surface area (Å²) < 4.78 is 26.0. The van der Waals surface area contributed by atoms with Gasteiger partial charge in [-0.3, -0.25) is 4.79 Å². The number of alkyl halides is 2. The molecule has 0 amide bonds. The van der Waals surface area contributed by atoms with E-state index in [2.05, 4.69) is 0 Å². The highest BCUT2D eigenvalue weighted by molar-refractivity contribution is 5.72. The first-order valence-corrected chi connectivity index (χ1v) is 5.27. The van der Waals surface area contributed by atoms with E-state index >= 15 is 0 Å². The maximum atomic E-state index is 13.0. The maximum absolute atomic E-state index is 13.0. The van der Waals surface area contributed by atoms with Crippen LogP contribution in [0, 0.1) is 5.92 Å². The Kier molecular flexibility index (Phi) is 4.02. The van der Waals surface area contributed by atoms with Crippen molar-refractivity contribution in [3.8, 4) is 0 Å². The lowest BCUT2D eigenvalue weighted by Gasteiger charge is -2.29. The van der Waals surface area contributed by atoms with E-state index in [1.165, 1.54) is 0 Å². The van der Waals surface area contributed by atoms with Crippen LogP contribution in [0.4, 0.5) is 8.78 Å². The fourth-order valence-electron chi connectivity index (χ4n) is 2.06. The molecule has 5 heteroatoms. The highest BCUT2D eigenvalue weighted by Crippen LogP contribution is 2.38. The average Bonchev–Trinajstić information content (AvgIpc) is 2.12. The van der Waals surface area contributed by atoms with Gasteiger partial charge in [0.15, 0.2) is 0 Å². The molecule has 1 rings (SSSR count). The molecule has 1 aliphatic carbocycles. The van der Waals surface area contributed by atoms with Crippen molar-refractivity contribution >= 4 is 5.97 Å². The molecular weight excluding hydrogens is 204 g/mol. The molecular formula is C10H17F2NO2. The van der Waals surface area contributed by atoms with Gasteiger partial charge in [0.2, 0.25) is 5.92 Å². The standard InChI is InChI=1S/C10H17F2NO2/c11-10(12)5-1-2-7(6-10)3-4-8(13)9(14)15/h7-8H,1-6,13H2,(H,14,15). The molecule has 0 spiro atoms. The highest BCUT2D eigenvalue weighted by Gasteiger charge is 2.36. The Balaban J connectivity index is 2.30. The topological polar surface area (TPSA) is 63.3 Å². The third-order valence-corrected chi connectivity index (χ3v) is 2.95. The molecule has 3 N–H and O–H groups in total. The second-order valence-electron chi connectivity index (χ2n) is 4.34. The minimum absolute atomic E-state index is 0.0332. The Morgan fingerprint density at radius 1 is 1.60 bits per heavy atom. The number of carboxylic acids is 1. The maximum Gasteiger partial charge on any atom is 0.320 e. The van der Waals surface area contributed by atoms with Crippen LogP contribution in [0.2, 0.25) is 0 Å². The van der Waals surface area contributed by atoms with E-state index in [9.17, 15) is 13.6 Å². The molecule has 3 nitrogen and oxygen atoms in total. The van der Waals surface area contributed by atoms with Crippen LogP contribution in [0.3, 0.4) is 0 Å². The summed E-state index contributed by atoms with van der Waals surface area (Å²) in [7, 11) is 0. The zero-order valence-electron chi connectivity index (χ0n) is 8.59. The average molecular weight is 221 g/mol. The Morgan fingerprint density at radius 2 is 2.27 bits per heavy atom. The molecule has 2 atom stereocenters. The summed E-state index contributed by atoms with van der Waals surface area (Å²) >= 11 is 0. The van der Waals surface area contributed by atoms with Gasteiger partial charge in [-0.1, -0.05) is 6.42 Å². The van der Waals surface area contributed by atoms with E-state index in [0.29, 0.717) is 12.8 Å². The summed E-state index contributed by atoms with van der Waals surface area (Å²) in [5.74, 6) is -3.69. The predicted molar refractivity (Wildman–Crippen MR) is 51.8 cm³/mol. The van der Waals surface area contributed by atoms with E-state index < -0.39 is 17.9 Å². The number of halogens is 2. The smallest absolute Gasteiger partial charge is 0.320 e. The van der Waals surface area contributed by atoms with Crippen LogP contribution in [0.5, 0.6) is 0 Å². The van der Waals surface area contributed by atoms with Gasteiger partial charge in [-0.05, 0) is 25.2 Å². The van der Waals surface area contributed by atoms with Crippen LogP contribution in [0.25, 0.3) is 0 Å². The largest absolute Gasteiger partial charge is 0.480 e. The van der Waals surface area contributed by atoms with Gasteiger partial charge < -0.3 is 10.8 Å². The zero-order valence-corrected chi connectivity index (χ0v) is 8.59. The lowest BCUT2D eigenvalue weighted by molar-refractivity contribution is -0.138. The second kappa shape index (κ2) is 4.88. The minimum atomic E-state index is -2.56. The van der Waals surface area contributed by atoms with Crippen LogP contribution in [-0.4, -0.2) is 23.0 Å². The highest BCUT2D eigenvalue weighted by atomic mass is 19.3. The van der Waals surface area contributed by atoms with Crippen molar-refractivity contribution in [1.82, 2.24) is 0 Å². The van der Waals surface area contributed by atoms with Crippen molar-refractivity contribution in [3.63, 3.8) is 0 Å². The number of hydrogen-bond donors (Lipinski definition) is 2. The SMILES string of the molecule is NC(CCC1CCCC(F)(F)C1)C(=O)O. The third kappa shape index (κ3) is 4.11. The molecule has 0 aromatic heterocycles. The summed E-state index contributed by atoms with van der Waals surface area (Å²) in [6.45, 7) is 0. The van der Waals surface area contributed by atoms with Crippen molar-refractivity contribution in [3.05, 3.63) is 0 Å². The van der Waals surface area contributed by atoms with Gasteiger partial charge >= 0.3 is 5.97 Å². The molecule has 1 fully saturated rings. The second-order valence-corrected chi connectivity index (χ2v) is 4.34. The molecule has 1 saturated carbocycles. The van der Waals surface area contributed by atoms with Crippen LogP contribution in [0.15, 0.2) is 0 Å². The van der Waals surface area contributed by atoms with Gasteiger partial charge in [0.1, 0.15) is 6.04 Å². The van der Waals surface area contributed by atoms with Gasteiger partial charge in [-0.15, -0.1) is 0 Å². The third-order valence-electron chi connectivity index (χ3n) is 2.95. The first kappa shape index (κ1) is 12.4. The molecule has 0 saturated heterocycles. The lowest BCUT2D eigenvalue weighted by Crippen LogP contribution is -2.32. The van der Waals surface area contributed by atoms with Gasteiger partial charge in [0.25, 0.3) is 0 Å². The fourth-order valence-corrected chi connectivity index (χ4v) is 2.06. The van der Waals surface area contributed by atoms with Crippen molar-refractivity contribution in [2.24, 2.45) is 11.7 Å². The first-order chi connectivity index (χ1) is 6.91. The van der Waals surface area contributed by atoms with Gasteiger partial charge in [-0.25, -0.2) is 8.78 Å². The van der Waals surface area contributed by atoms with E-state index in [-0.39, 0.29) is 25.2 Å². The monoisotopic (exact) mass is 221 g/mol. The number of hydrogen-bond acceptors (Lipinski definition) is 2. The van der Waals surface area contributed by atoms with Crippen LogP contribution in [-0.2, 0) is 4.79 Å². The molecule has 88 valence electrons. The Hall–Kier alpha value is -0.710. The van der Waals surface area contributed by atoms with Gasteiger partial charge in [0, 0.05) is 12.8 Å².